The molecule has 0 aromatic heterocycles. The number of imide groups is 1. The van der Waals surface area contributed by atoms with Crippen LogP contribution in [-0.2, 0) is 14.4 Å². The van der Waals surface area contributed by atoms with Crippen molar-refractivity contribution in [2.45, 2.75) is 16.6 Å². The number of carbonyl (C=O) groups is 4. The van der Waals surface area contributed by atoms with Crippen molar-refractivity contribution in [1.82, 2.24) is 10.2 Å². The summed E-state index contributed by atoms with van der Waals surface area (Å²) in [4.78, 5) is 52.1. The first-order valence-electron chi connectivity index (χ1n) is 12.0. The summed E-state index contributed by atoms with van der Waals surface area (Å²) in [5, 5.41) is 5.03. The summed E-state index contributed by atoms with van der Waals surface area (Å²) in [7, 11) is 4.52. The van der Waals surface area contributed by atoms with Crippen molar-refractivity contribution in [3.8, 4) is 11.5 Å². The molecule has 1 heterocycles. The summed E-state index contributed by atoms with van der Waals surface area (Å²) in [5.74, 6) is -0.378. The first-order chi connectivity index (χ1) is 18.8. The van der Waals surface area contributed by atoms with Gasteiger partial charge in [-0.1, -0.05) is 18.2 Å². The SMILES string of the molecule is COc1ccc(/C=C(\NC(=O)c2ccccc2)C(=O)Nc2ccc(SC3CC(=O)N(C)C3=O)cc2)c(OC)c1. The Morgan fingerprint density at radius 3 is 2.31 bits per heavy atom. The van der Waals surface area contributed by atoms with Crippen molar-refractivity contribution in [3.05, 3.63) is 89.6 Å². The van der Waals surface area contributed by atoms with E-state index >= 15 is 0 Å². The Hall–Kier alpha value is -4.57. The number of anilines is 1. The van der Waals surface area contributed by atoms with Crippen LogP contribution in [0.3, 0.4) is 0 Å². The molecule has 1 saturated heterocycles. The molecule has 1 fully saturated rings. The molecule has 3 aromatic carbocycles. The Kier molecular flexibility index (Phi) is 8.67. The molecule has 4 amide bonds. The van der Waals surface area contributed by atoms with Gasteiger partial charge in [0.2, 0.25) is 11.8 Å². The summed E-state index contributed by atoms with van der Waals surface area (Å²) in [6, 6.07) is 20.6. The molecule has 0 radical (unpaired) electrons. The maximum Gasteiger partial charge on any atom is 0.272 e. The fourth-order valence-corrected chi connectivity index (χ4v) is 4.94. The Morgan fingerprint density at radius 1 is 0.974 bits per heavy atom. The smallest absolute Gasteiger partial charge is 0.272 e. The standard InChI is InChI=1S/C29H27N3O6S/c1-32-26(33)17-25(29(32)36)39-22-13-10-20(11-14-22)30-28(35)23(31-27(34)18-7-5-4-6-8-18)15-19-9-12-21(37-2)16-24(19)38-3/h4-16,25H,17H2,1-3H3,(H,30,35)(H,31,34)/b23-15-. The first-order valence-corrected chi connectivity index (χ1v) is 12.9. The molecule has 200 valence electrons. The maximum absolute atomic E-state index is 13.3. The van der Waals surface area contributed by atoms with Gasteiger partial charge in [-0.2, -0.15) is 0 Å². The lowest BCUT2D eigenvalue weighted by molar-refractivity contribution is -0.136. The largest absolute Gasteiger partial charge is 0.497 e. The molecule has 1 unspecified atom stereocenters. The van der Waals surface area contributed by atoms with Crippen LogP contribution in [0.2, 0.25) is 0 Å². The molecule has 0 bridgehead atoms. The topological polar surface area (TPSA) is 114 Å². The van der Waals surface area contributed by atoms with Crippen LogP contribution in [0.1, 0.15) is 22.3 Å². The first kappa shape index (κ1) is 27.5. The van der Waals surface area contributed by atoms with E-state index in [1.54, 1.807) is 72.8 Å². The molecule has 1 aliphatic heterocycles. The lowest BCUT2D eigenvalue weighted by Crippen LogP contribution is -2.30. The third kappa shape index (κ3) is 6.66. The maximum atomic E-state index is 13.3. The van der Waals surface area contributed by atoms with Crippen molar-refractivity contribution in [2.75, 3.05) is 26.6 Å². The third-order valence-corrected chi connectivity index (χ3v) is 7.20. The number of hydrogen-bond donors (Lipinski definition) is 2. The zero-order valence-electron chi connectivity index (χ0n) is 21.6. The van der Waals surface area contributed by atoms with Crippen LogP contribution in [0.5, 0.6) is 11.5 Å². The van der Waals surface area contributed by atoms with Gasteiger partial charge in [0.05, 0.1) is 19.5 Å². The number of carbonyl (C=O) groups excluding carboxylic acids is 4. The van der Waals surface area contributed by atoms with E-state index in [1.807, 2.05) is 0 Å². The predicted octanol–water partition coefficient (Wildman–Crippen LogP) is 3.96. The fraction of sp³-hybridized carbons (Fsp3) is 0.172. The zero-order chi connectivity index (χ0) is 27.9. The number of rotatable bonds is 9. The normalized spacial score (nSPS) is 15.2. The average Bonchev–Trinajstić information content (AvgIpc) is 3.20. The van der Waals surface area contributed by atoms with E-state index in [9.17, 15) is 19.2 Å². The predicted molar refractivity (Wildman–Crippen MR) is 149 cm³/mol. The van der Waals surface area contributed by atoms with Gasteiger partial charge in [-0.25, -0.2) is 0 Å². The number of nitrogens with one attached hydrogen (secondary N) is 2. The highest BCUT2D eigenvalue weighted by atomic mass is 32.2. The number of nitrogens with zero attached hydrogens (tertiary/aromatic N) is 1. The number of likely N-dealkylation sites (tertiary alicyclic amines) is 1. The Labute approximate surface area is 230 Å². The molecule has 39 heavy (non-hydrogen) atoms. The second-order valence-electron chi connectivity index (χ2n) is 8.57. The second-order valence-corrected chi connectivity index (χ2v) is 9.84. The number of amides is 4. The zero-order valence-corrected chi connectivity index (χ0v) is 22.4. The van der Waals surface area contributed by atoms with Crippen LogP contribution in [0.4, 0.5) is 5.69 Å². The van der Waals surface area contributed by atoms with Gasteiger partial charge in [-0.3, -0.25) is 24.1 Å². The van der Waals surface area contributed by atoms with Crippen LogP contribution >= 0.6 is 11.8 Å². The van der Waals surface area contributed by atoms with Crippen LogP contribution < -0.4 is 20.1 Å². The lowest BCUT2D eigenvalue weighted by Gasteiger charge is -2.13. The van der Waals surface area contributed by atoms with Crippen molar-refractivity contribution in [3.63, 3.8) is 0 Å². The van der Waals surface area contributed by atoms with E-state index in [2.05, 4.69) is 10.6 Å². The average molecular weight is 546 g/mol. The van der Waals surface area contributed by atoms with Gasteiger partial charge in [-0.05, 0) is 54.6 Å². The highest BCUT2D eigenvalue weighted by Gasteiger charge is 2.36. The van der Waals surface area contributed by atoms with E-state index in [1.165, 1.54) is 39.1 Å². The summed E-state index contributed by atoms with van der Waals surface area (Å²) >= 11 is 1.30. The molecule has 2 N–H and O–H groups in total. The number of benzene rings is 3. The van der Waals surface area contributed by atoms with Crippen molar-refractivity contribution >= 4 is 47.2 Å². The molecule has 9 nitrogen and oxygen atoms in total. The van der Waals surface area contributed by atoms with Gasteiger partial charge < -0.3 is 20.1 Å². The molecule has 10 heteroatoms. The van der Waals surface area contributed by atoms with Gasteiger partial charge in [0, 0.05) is 41.2 Å². The minimum Gasteiger partial charge on any atom is -0.497 e. The summed E-state index contributed by atoms with van der Waals surface area (Å²) in [6.07, 6.45) is 1.68. The van der Waals surface area contributed by atoms with Gasteiger partial charge in [0.15, 0.2) is 0 Å². The van der Waals surface area contributed by atoms with Crippen LogP contribution in [0.25, 0.3) is 6.08 Å². The molecule has 1 aliphatic rings. The van der Waals surface area contributed by atoms with Crippen molar-refractivity contribution in [1.29, 1.82) is 0 Å². The minimum atomic E-state index is -0.546. The summed E-state index contributed by atoms with van der Waals surface area (Å²) in [5.41, 5.74) is 1.44. The van der Waals surface area contributed by atoms with Gasteiger partial charge in [0.25, 0.3) is 11.8 Å². The summed E-state index contributed by atoms with van der Waals surface area (Å²) < 4.78 is 10.7. The van der Waals surface area contributed by atoms with Crippen molar-refractivity contribution < 1.29 is 28.7 Å². The fourth-order valence-electron chi connectivity index (χ4n) is 3.83. The Morgan fingerprint density at radius 2 is 1.69 bits per heavy atom. The second kappa shape index (κ2) is 12.3. The molecular weight excluding hydrogens is 518 g/mol. The van der Waals surface area contributed by atoms with E-state index in [0.717, 1.165) is 9.80 Å². The van der Waals surface area contributed by atoms with E-state index in [4.69, 9.17) is 9.47 Å². The summed E-state index contributed by atoms with van der Waals surface area (Å²) in [6.45, 7) is 0. The van der Waals surface area contributed by atoms with Gasteiger partial charge in [0.1, 0.15) is 17.2 Å². The molecule has 0 saturated carbocycles. The molecule has 3 aromatic rings. The lowest BCUT2D eigenvalue weighted by atomic mass is 10.1. The number of ether oxygens (including phenoxy) is 2. The van der Waals surface area contributed by atoms with Crippen molar-refractivity contribution in [2.24, 2.45) is 0 Å². The number of hydrogen-bond acceptors (Lipinski definition) is 7. The highest BCUT2D eigenvalue weighted by molar-refractivity contribution is 8.00. The number of thioether (sulfide) groups is 1. The molecule has 4 rings (SSSR count). The van der Waals surface area contributed by atoms with E-state index in [-0.39, 0.29) is 23.9 Å². The van der Waals surface area contributed by atoms with Gasteiger partial charge >= 0.3 is 0 Å². The quantitative estimate of drug-likeness (QED) is 0.309. The Bertz CT molecular complexity index is 1420. The highest BCUT2D eigenvalue weighted by Crippen LogP contribution is 2.31. The minimum absolute atomic E-state index is 0.00359. The number of methoxy groups -OCH3 is 2. The van der Waals surface area contributed by atoms with E-state index in [0.29, 0.717) is 28.3 Å². The molecule has 0 spiro atoms. The van der Waals surface area contributed by atoms with Crippen LogP contribution in [0.15, 0.2) is 83.4 Å². The molecular formula is C29H27N3O6S. The monoisotopic (exact) mass is 545 g/mol. The third-order valence-electron chi connectivity index (χ3n) is 6.00. The van der Waals surface area contributed by atoms with Crippen LogP contribution in [-0.4, -0.2) is 55.0 Å². The molecule has 0 aliphatic carbocycles. The Balaban J connectivity index is 1.55. The van der Waals surface area contributed by atoms with Crippen LogP contribution in [0, 0.1) is 0 Å². The van der Waals surface area contributed by atoms with E-state index < -0.39 is 17.1 Å². The molecule has 1 atom stereocenters. The van der Waals surface area contributed by atoms with Gasteiger partial charge in [-0.15, -0.1) is 11.8 Å².